The van der Waals surface area contributed by atoms with Crippen LogP contribution >= 0.6 is 11.6 Å². The van der Waals surface area contributed by atoms with Gasteiger partial charge < -0.3 is 4.74 Å². The van der Waals surface area contributed by atoms with Crippen LogP contribution in [-0.4, -0.2) is 18.3 Å². The summed E-state index contributed by atoms with van der Waals surface area (Å²) in [6.45, 7) is 2.78. The first kappa shape index (κ1) is 14.0. The van der Waals surface area contributed by atoms with E-state index < -0.39 is 0 Å². The molecule has 0 saturated carbocycles. The number of alkyl halides is 1. The van der Waals surface area contributed by atoms with E-state index in [-0.39, 0.29) is 11.7 Å². The van der Waals surface area contributed by atoms with Gasteiger partial charge >= 0.3 is 0 Å². The molecule has 0 unspecified atom stereocenters. The highest BCUT2D eigenvalue weighted by atomic mass is 35.5. The fourth-order valence-electron chi connectivity index (χ4n) is 1.50. The molecule has 0 atom stereocenters. The number of hydrogen-bond donors (Lipinski definition) is 0. The molecule has 0 aliphatic rings. The molecular weight excluding hydrogens is 236 g/mol. The minimum Gasteiger partial charge on any atom is -0.494 e. The lowest BCUT2D eigenvalue weighted by Gasteiger charge is -2.06. The topological polar surface area (TPSA) is 26.3 Å². The van der Waals surface area contributed by atoms with Gasteiger partial charge in [0, 0.05) is 6.42 Å². The summed E-state index contributed by atoms with van der Waals surface area (Å²) >= 11 is 5.41. The minimum absolute atomic E-state index is 0.110. The van der Waals surface area contributed by atoms with Crippen LogP contribution in [0.3, 0.4) is 0 Å². The molecule has 3 heteroatoms. The summed E-state index contributed by atoms with van der Waals surface area (Å²) in [5.74, 6) is 1.13. The molecule has 0 heterocycles. The molecule has 0 saturated heterocycles. The van der Waals surface area contributed by atoms with Crippen molar-refractivity contribution >= 4 is 17.4 Å². The number of Topliss-reactive ketones (excluding diaryl/α,β-unsaturated/α-hetero) is 1. The van der Waals surface area contributed by atoms with Crippen LogP contribution in [0.2, 0.25) is 0 Å². The molecule has 0 amide bonds. The molecule has 0 fully saturated rings. The Balaban J connectivity index is 2.15. The van der Waals surface area contributed by atoms with Gasteiger partial charge in [0.25, 0.3) is 0 Å². The Morgan fingerprint density at radius 2 is 1.94 bits per heavy atom. The van der Waals surface area contributed by atoms with Crippen LogP contribution in [0, 0.1) is 0 Å². The van der Waals surface area contributed by atoms with Crippen molar-refractivity contribution in [2.24, 2.45) is 0 Å². The lowest BCUT2D eigenvalue weighted by molar-refractivity contribution is -0.116. The van der Waals surface area contributed by atoms with Crippen LogP contribution in [0.5, 0.6) is 5.75 Å². The van der Waals surface area contributed by atoms with Gasteiger partial charge in [-0.3, -0.25) is 4.79 Å². The molecule has 2 nitrogen and oxygen atoms in total. The summed E-state index contributed by atoms with van der Waals surface area (Å²) in [5, 5.41) is 0. The van der Waals surface area contributed by atoms with Gasteiger partial charge in [0.2, 0.25) is 0 Å². The zero-order valence-corrected chi connectivity index (χ0v) is 11.0. The Hall–Kier alpha value is -1.02. The lowest BCUT2D eigenvalue weighted by atomic mass is 10.2. The van der Waals surface area contributed by atoms with Crippen molar-refractivity contribution in [3.8, 4) is 5.75 Å². The largest absolute Gasteiger partial charge is 0.494 e. The van der Waals surface area contributed by atoms with Gasteiger partial charge in [-0.2, -0.15) is 0 Å². The van der Waals surface area contributed by atoms with Crippen molar-refractivity contribution in [1.82, 2.24) is 0 Å². The van der Waals surface area contributed by atoms with E-state index in [1.165, 1.54) is 5.56 Å². The maximum Gasteiger partial charge on any atom is 0.147 e. The van der Waals surface area contributed by atoms with Crippen molar-refractivity contribution in [3.63, 3.8) is 0 Å². The molecular formula is C14H19ClO2. The molecule has 0 aromatic heterocycles. The highest BCUT2D eigenvalue weighted by molar-refractivity contribution is 6.27. The number of aryl methyl sites for hydroxylation is 1. The number of benzene rings is 1. The van der Waals surface area contributed by atoms with Gasteiger partial charge in [-0.25, -0.2) is 0 Å². The van der Waals surface area contributed by atoms with E-state index in [0.29, 0.717) is 13.0 Å². The Bertz CT molecular complexity index is 333. The predicted octanol–water partition coefficient (Wildman–Crippen LogP) is 3.61. The lowest BCUT2D eigenvalue weighted by Crippen LogP contribution is -2.02. The normalized spacial score (nSPS) is 10.2. The summed E-state index contributed by atoms with van der Waals surface area (Å²) < 4.78 is 5.58. The fourth-order valence-corrected chi connectivity index (χ4v) is 1.64. The van der Waals surface area contributed by atoms with Crippen LogP contribution in [0.4, 0.5) is 0 Å². The van der Waals surface area contributed by atoms with Gasteiger partial charge in [0.1, 0.15) is 11.5 Å². The molecule has 1 aromatic carbocycles. The molecule has 0 aliphatic heterocycles. The summed E-state index contributed by atoms with van der Waals surface area (Å²) in [6.07, 6.45) is 3.33. The molecule has 1 rings (SSSR count). The fraction of sp³-hybridized carbons (Fsp3) is 0.500. The molecule has 0 N–H and O–H groups in total. The third kappa shape index (κ3) is 5.73. The second-order valence-electron chi connectivity index (χ2n) is 3.98. The average Bonchev–Trinajstić information content (AvgIpc) is 2.38. The maximum atomic E-state index is 10.9. The van der Waals surface area contributed by atoms with E-state index in [0.717, 1.165) is 25.0 Å². The Morgan fingerprint density at radius 3 is 2.53 bits per heavy atom. The van der Waals surface area contributed by atoms with Crippen LogP contribution in [0.25, 0.3) is 0 Å². The van der Waals surface area contributed by atoms with Gasteiger partial charge in [-0.1, -0.05) is 19.1 Å². The molecule has 0 spiro atoms. The number of carbonyl (C=O) groups excluding carboxylic acids is 1. The van der Waals surface area contributed by atoms with E-state index in [1.807, 2.05) is 12.1 Å². The highest BCUT2D eigenvalue weighted by Gasteiger charge is 1.99. The summed E-state index contributed by atoms with van der Waals surface area (Å²) in [5.41, 5.74) is 1.31. The smallest absolute Gasteiger partial charge is 0.147 e. The van der Waals surface area contributed by atoms with Crippen LogP contribution in [0.15, 0.2) is 24.3 Å². The van der Waals surface area contributed by atoms with E-state index in [9.17, 15) is 4.79 Å². The van der Waals surface area contributed by atoms with Gasteiger partial charge in [-0.05, 0) is 37.0 Å². The molecule has 0 radical (unpaired) electrons. The van der Waals surface area contributed by atoms with Crippen molar-refractivity contribution in [2.75, 3.05) is 12.5 Å². The molecule has 0 bridgehead atoms. The summed E-state index contributed by atoms with van der Waals surface area (Å²) in [6, 6.07) is 8.13. The molecule has 17 heavy (non-hydrogen) atoms. The third-order valence-corrected chi connectivity index (χ3v) is 2.90. The Morgan fingerprint density at radius 1 is 1.24 bits per heavy atom. The Kier molecular flexibility index (Phi) is 6.71. The van der Waals surface area contributed by atoms with E-state index in [1.54, 1.807) is 0 Å². The molecule has 1 aromatic rings. The highest BCUT2D eigenvalue weighted by Crippen LogP contribution is 2.13. The monoisotopic (exact) mass is 254 g/mol. The number of unbranched alkanes of at least 4 members (excludes halogenated alkanes) is 1. The second-order valence-corrected chi connectivity index (χ2v) is 4.24. The zero-order valence-electron chi connectivity index (χ0n) is 10.2. The van der Waals surface area contributed by atoms with Crippen molar-refractivity contribution in [2.45, 2.75) is 32.6 Å². The van der Waals surface area contributed by atoms with Gasteiger partial charge in [0.05, 0.1) is 12.5 Å². The first-order valence-corrected chi connectivity index (χ1v) is 6.59. The third-order valence-electron chi connectivity index (χ3n) is 2.60. The number of halogens is 1. The number of ether oxygens (including phenoxy) is 1. The molecule has 94 valence electrons. The van der Waals surface area contributed by atoms with Gasteiger partial charge in [-0.15, -0.1) is 11.6 Å². The Labute approximate surface area is 108 Å². The average molecular weight is 255 g/mol. The number of hydrogen-bond acceptors (Lipinski definition) is 2. The van der Waals surface area contributed by atoms with E-state index >= 15 is 0 Å². The minimum atomic E-state index is 0.110. The number of carbonyl (C=O) groups is 1. The van der Waals surface area contributed by atoms with Crippen molar-refractivity contribution < 1.29 is 9.53 Å². The first-order chi connectivity index (χ1) is 8.26. The van der Waals surface area contributed by atoms with Crippen LogP contribution in [-0.2, 0) is 11.2 Å². The first-order valence-electron chi connectivity index (χ1n) is 6.05. The predicted molar refractivity (Wildman–Crippen MR) is 70.9 cm³/mol. The van der Waals surface area contributed by atoms with E-state index in [4.69, 9.17) is 16.3 Å². The van der Waals surface area contributed by atoms with Crippen LogP contribution in [0.1, 0.15) is 31.7 Å². The maximum absolute atomic E-state index is 10.9. The van der Waals surface area contributed by atoms with Crippen molar-refractivity contribution in [1.29, 1.82) is 0 Å². The number of ketones is 1. The summed E-state index contributed by atoms with van der Waals surface area (Å²) in [4.78, 5) is 10.9. The summed E-state index contributed by atoms with van der Waals surface area (Å²) in [7, 11) is 0. The quantitative estimate of drug-likeness (QED) is 0.523. The second kappa shape index (κ2) is 8.13. The standard InChI is InChI=1S/C14H19ClO2/c1-2-12-6-8-14(9-7-12)17-10-4-3-5-13(16)11-15/h6-9H,2-5,10-11H2,1H3. The van der Waals surface area contributed by atoms with E-state index in [2.05, 4.69) is 19.1 Å². The van der Waals surface area contributed by atoms with Crippen molar-refractivity contribution in [3.05, 3.63) is 29.8 Å². The molecule has 0 aliphatic carbocycles. The zero-order chi connectivity index (χ0) is 12.5. The number of rotatable bonds is 8. The van der Waals surface area contributed by atoms with Gasteiger partial charge in [0.15, 0.2) is 0 Å². The van der Waals surface area contributed by atoms with Crippen LogP contribution < -0.4 is 4.74 Å². The SMILES string of the molecule is CCc1ccc(OCCCCC(=O)CCl)cc1.